The first-order chi connectivity index (χ1) is 9.92. The van der Waals surface area contributed by atoms with Gasteiger partial charge in [-0.1, -0.05) is 0 Å². The Bertz CT molecular complexity index is 539. The predicted octanol–water partition coefficient (Wildman–Crippen LogP) is -0.299. The molecule has 1 aromatic rings. The molecule has 2 rings (SSSR count). The fourth-order valence-electron chi connectivity index (χ4n) is 2.64. The third kappa shape index (κ3) is 3.41. The van der Waals surface area contributed by atoms with Crippen LogP contribution in [0.15, 0.2) is 6.07 Å². The van der Waals surface area contributed by atoms with Gasteiger partial charge in [-0.2, -0.15) is 5.10 Å². The molecule has 2 amide bonds. The number of primary amides is 1. The summed E-state index contributed by atoms with van der Waals surface area (Å²) in [7, 11) is 1.93. The van der Waals surface area contributed by atoms with Gasteiger partial charge < -0.3 is 15.5 Å². The van der Waals surface area contributed by atoms with Gasteiger partial charge in [0.2, 0.25) is 5.91 Å². The molecule has 21 heavy (non-hydrogen) atoms. The number of aromatic nitrogens is 2. The molecule has 0 radical (unpaired) electrons. The Balaban J connectivity index is 2.18. The summed E-state index contributed by atoms with van der Waals surface area (Å²) in [6.07, 6.45) is 0. The van der Waals surface area contributed by atoms with Gasteiger partial charge in [-0.15, -0.1) is 0 Å². The average Bonchev–Trinajstić information content (AvgIpc) is 2.69. The van der Waals surface area contributed by atoms with Crippen molar-refractivity contribution in [2.45, 2.75) is 20.4 Å². The molecule has 2 N–H and O–H groups in total. The largest absolute Gasteiger partial charge is 0.369 e. The average molecular weight is 293 g/mol. The van der Waals surface area contributed by atoms with Crippen LogP contribution in [0.3, 0.4) is 0 Å². The van der Waals surface area contributed by atoms with Crippen LogP contribution in [0.2, 0.25) is 0 Å². The van der Waals surface area contributed by atoms with E-state index < -0.39 is 0 Å². The van der Waals surface area contributed by atoms with E-state index in [0.29, 0.717) is 25.3 Å². The van der Waals surface area contributed by atoms with Gasteiger partial charge in [0, 0.05) is 38.4 Å². The number of rotatable bonds is 3. The normalized spacial score (nSPS) is 20.3. The van der Waals surface area contributed by atoms with Crippen molar-refractivity contribution in [1.29, 1.82) is 0 Å². The van der Waals surface area contributed by atoms with E-state index in [4.69, 9.17) is 5.73 Å². The molecule has 1 atom stereocenters. The fraction of sp³-hybridized carbons (Fsp3) is 0.643. The number of amides is 2. The molecular formula is C14H23N5O2. The van der Waals surface area contributed by atoms with Crippen LogP contribution in [0.25, 0.3) is 0 Å². The summed E-state index contributed by atoms with van der Waals surface area (Å²) < 4.78 is 1.79. The fourth-order valence-corrected chi connectivity index (χ4v) is 2.64. The molecule has 0 unspecified atom stereocenters. The number of carbonyl (C=O) groups excluding carboxylic acids is 2. The van der Waals surface area contributed by atoms with E-state index in [2.05, 4.69) is 5.10 Å². The second-order valence-corrected chi connectivity index (χ2v) is 5.60. The summed E-state index contributed by atoms with van der Waals surface area (Å²) in [5.41, 5.74) is 6.82. The second-order valence-electron chi connectivity index (χ2n) is 5.60. The van der Waals surface area contributed by atoms with Crippen LogP contribution in [0.4, 0.5) is 0 Å². The van der Waals surface area contributed by atoms with E-state index in [0.717, 1.165) is 18.8 Å². The van der Waals surface area contributed by atoms with E-state index >= 15 is 0 Å². The maximum absolute atomic E-state index is 12.6. The molecule has 7 heteroatoms. The van der Waals surface area contributed by atoms with Crippen molar-refractivity contribution in [2.24, 2.45) is 11.7 Å². The monoisotopic (exact) mass is 293 g/mol. The minimum atomic E-state index is -0.364. The summed E-state index contributed by atoms with van der Waals surface area (Å²) in [5, 5.41) is 4.32. The smallest absolute Gasteiger partial charge is 0.274 e. The van der Waals surface area contributed by atoms with Crippen molar-refractivity contribution < 1.29 is 9.59 Å². The second kappa shape index (κ2) is 6.26. The molecule has 0 spiro atoms. The van der Waals surface area contributed by atoms with Gasteiger partial charge >= 0.3 is 0 Å². The Labute approximate surface area is 124 Å². The molecular weight excluding hydrogens is 270 g/mol. The van der Waals surface area contributed by atoms with Gasteiger partial charge in [0.05, 0.1) is 5.92 Å². The predicted molar refractivity (Wildman–Crippen MR) is 78.7 cm³/mol. The molecule has 1 aliphatic rings. The molecule has 7 nitrogen and oxygen atoms in total. The minimum absolute atomic E-state index is 0.133. The zero-order valence-electron chi connectivity index (χ0n) is 12.9. The van der Waals surface area contributed by atoms with Crippen LogP contribution >= 0.6 is 0 Å². The first-order valence-electron chi connectivity index (χ1n) is 7.24. The number of carbonyl (C=O) groups is 2. The molecule has 1 aromatic heterocycles. The van der Waals surface area contributed by atoms with Crippen molar-refractivity contribution in [3.63, 3.8) is 0 Å². The summed E-state index contributed by atoms with van der Waals surface area (Å²) in [5.74, 6) is -0.834. The van der Waals surface area contributed by atoms with Crippen LogP contribution < -0.4 is 5.73 Å². The number of likely N-dealkylation sites (N-methyl/N-ethyl adjacent to an activating group) is 1. The maximum Gasteiger partial charge on any atom is 0.274 e. The highest BCUT2D eigenvalue weighted by Crippen LogP contribution is 2.13. The van der Waals surface area contributed by atoms with Gasteiger partial charge in [-0.25, -0.2) is 0 Å². The molecule has 0 aliphatic carbocycles. The first-order valence-corrected chi connectivity index (χ1v) is 7.24. The van der Waals surface area contributed by atoms with Crippen molar-refractivity contribution in [3.05, 3.63) is 17.5 Å². The van der Waals surface area contributed by atoms with Crippen LogP contribution in [-0.2, 0) is 11.3 Å². The Morgan fingerprint density at radius 1 is 1.38 bits per heavy atom. The highest BCUT2D eigenvalue weighted by Gasteiger charge is 2.29. The Kier molecular flexibility index (Phi) is 4.62. The van der Waals surface area contributed by atoms with Gasteiger partial charge in [0.25, 0.3) is 5.91 Å². The molecule has 0 saturated carbocycles. The van der Waals surface area contributed by atoms with Crippen LogP contribution in [0.5, 0.6) is 0 Å². The topological polar surface area (TPSA) is 84.5 Å². The highest BCUT2D eigenvalue weighted by atomic mass is 16.2. The van der Waals surface area contributed by atoms with Gasteiger partial charge in [0.1, 0.15) is 0 Å². The van der Waals surface area contributed by atoms with E-state index in [-0.39, 0.29) is 17.7 Å². The zero-order valence-corrected chi connectivity index (χ0v) is 12.9. The van der Waals surface area contributed by atoms with Crippen LogP contribution in [0.1, 0.15) is 23.1 Å². The minimum Gasteiger partial charge on any atom is -0.369 e. The molecule has 0 aromatic carbocycles. The molecule has 2 heterocycles. The zero-order chi connectivity index (χ0) is 15.6. The number of hydrogen-bond acceptors (Lipinski definition) is 4. The molecule has 0 bridgehead atoms. The van der Waals surface area contributed by atoms with Crippen molar-refractivity contribution >= 4 is 11.8 Å². The molecule has 1 aliphatic heterocycles. The lowest BCUT2D eigenvalue weighted by Crippen LogP contribution is -2.40. The lowest BCUT2D eigenvalue weighted by Gasteiger charge is -2.21. The maximum atomic E-state index is 12.6. The van der Waals surface area contributed by atoms with Crippen molar-refractivity contribution in [3.8, 4) is 0 Å². The third-order valence-electron chi connectivity index (χ3n) is 3.91. The number of hydrogen-bond donors (Lipinski definition) is 1. The van der Waals surface area contributed by atoms with E-state index in [9.17, 15) is 9.59 Å². The SMILES string of the molecule is CCn1nc(C(=O)N2CCN(C)C[C@@H](C(N)=O)C2)cc1C. The first kappa shape index (κ1) is 15.5. The van der Waals surface area contributed by atoms with Gasteiger partial charge in [-0.05, 0) is 27.0 Å². The standard InChI is InChI=1S/C14H23N5O2/c1-4-19-10(2)7-12(16-19)14(21)18-6-5-17(3)8-11(9-18)13(15)20/h7,11H,4-6,8-9H2,1-3H3,(H2,15,20)/t11-/m1/s1. The van der Waals surface area contributed by atoms with Gasteiger partial charge in [-0.3, -0.25) is 14.3 Å². The third-order valence-corrected chi connectivity index (χ3v) is 3.91. The number of nitrogens with zero attached hydrogens (tertiary/aromatic N) is 4. The van der Waals surface area contributed by atoms with E-state index in [1.54, 1.807) is 15.6 Å². The summed E-state index contributed by atoms with van der Waals surface area (Å²) >= 11 is 0. The van der Waals surface area contributed by atoms with Crippen LogP contribution in [0, 0.1) is 12.8 Å². The highest BCUT2D eigenvalue weighted by molar-refractivity contribution is 5.93. The Morgan fingerprint density at radius 3 is 2.67 bits per heavy atom. The summed E-state index contributed by atoms with van der Waals surface area (Å²) in [6, 6.07) is 1.79. The Hall–Kier alpha value is -1.89. The van der Waals surface area contributed by atoms with Crippen molar-refractivity contribution in [2.75, 3.05) is 33.2 Å². The van der Waals surface area contributed by atoms with Crippen LogP contribution in [-0.4, -0.2) is 64.6 Å². The van der Waals surface area contributed by atoms with E-state index in [1.807, 2.05) is 25.8 Å². The number of nitrogens with two attached hydrogens (primary N) is 1. The lowest BCUT2D eigenvalue weighted by molar-refractivity contribution is -0.122. The quantitative estimate of drug-likeness (QED) is 0.829. The van der Waals surface area contributed by atoms with Crippen molar-refractivity contribution in [1.82, 2.24) is 19.6 Å². The van der Waals surface area contributed by atoms with E-state index in [1.165, 1.54) is 0 Å². The molecule has 116 valence electrons. The number of aryl methyl sites for hydroxylation is 2. The summed E-state index contributed by atoms with van der Waals surface area (Å²) in [6.45, 7) is 6.89. The Morgan fingerprint density at radius 2 is 2.10 bits per heavy atom. The van der Waals surface area contributed by atoms with Gasteiger partial charge in [0.15, 0.2) is 5.69 Å². The molecule has 1 saturated heterocycles. The summed E-state index contributed by atoms with van der Waals surface area (Å²) in [4.78, 5) is 27.8. The molecule has 1 fully saturated rings. The lowest BCUT2D eigenvalue weighted by atomic mass is 10.1.